The van der Waals surface area contributed by atoms with E-state index in [4.69, 9.17) is 5.73 Å². The van der Waals surface area contributed by atoms with Crippen LogP contribution in [0.4, 0.5) is 13.2 Å². The van der Waals surface area contributed by atoms with Gasteiger partial charge in [-0.3, -0.25) is 0 Å². The van der Waals surface area contributed by atoms with Crippen molar-refractivity contribution in [3.63, 3.8) is 0 Å². The summed E-state index contributed by atoms with van der Waals surface area (Å²) in [4.78, 5) is 0.869. The summed E-state index contributed by atoms with van der Waals surface area (Å²) >= 11 is 4.65. The van der Waals surface area contributed by atoms with E-state index >= 15 is 0 Å². The maximum atomic E-state index is 11.9. The largest absolute Gasteiger partial charge is 0.390 e. The zero-order valence-electron chi connectivity index (χ0n) is 7.14. The second-order valence-corrected chi connectivity index (χ2v) is 5.54. The minimum absolute atomic E-state index is 0.274. The SMILES string of the molecule is NC(Cc1ccc(Br)s1)CC(F)(F)F. The lowest BCUT2D eigenvalue weighted by atomic mass is 10.1. The van der Waals surface area contributed by atoms with Gasteiger partial charge < -0.3 is 5.73 Å². The van der Waals surface area contributed by atoms with Crippen molar-refractivity contribution >= 4 is 27.3 Å². The summed E-state index contributed by atoms with van der Waals surface area (Å²) in [5, 5.41) is 0. The molecule has 1 heterocycles. The van der Waals surface area contributed by atoms with Gasteiger partial charge in [-0.25, -0.2) is 0 Å². The van der Waals surface area contributed by atoms with Crippen LogP contribution >= 0.6 is 27.3 Å². The second kappa shape index (κ2) is 4.63. The smallest absolute Gasteiger partial charge is 0.327 e. The molecule has 0 saturated heterocycles. The van der Waals surface area contributed by atoms with Crippen LogP contribution in [0.2, 0.25) is 0 Å². The predicted octanol–water partition coefficient (Wildman–Crippen LogP) is 3.33. The molecule has 0 bridgehead atoms. The molecule has 1 nitrogen and oxygen atoms in total. The Bertz CT molecular complexity index is 297. The highest BCUT2D eigenvalue weighted by Crippen LogP contribution is 2.26. The highest BCUT2D eigenvalue weighted by Gasteiger charge is 2.30. The molecule has 1 atom stereocenters. The highest BCUT2D eigenvalue weighted by molar-refractivity contribution is 9.11. The molecule has 0 aromatic carbocycles. The normalized spacial score (nSPS) is 14.4. The van der Waals surface area contributed by atoms with Gasteiger partial charge in [-0.2, -0.15) is 13.2 Å². The Morgan fingerprint density at radius 2 is 2.07 bits per heavy atom. The van der Waals surface area contributed by atoms with Crippen molar-refractivity contribution < 1.29 is 13.2 Å². The summed E-state index contributed by atoms with van der Waals surface area (Å²) in [6.07, 6.45) is -4.83. The first-order chi connectivity index (χ1) is 6.37. The Kier molecular flexibility index (Phi) is 3.97. The number of thiophene rings is 1. The van der Waals surface area contributed by atoms with Crippen molar-refractivity contribution in [3.8, 4) is 0 Å². The second-order valence-electron chi connectivity index (χ2n) is 2.99. The third-order valence-corrected chi connectivity index (χ3v) is 3.23. The fourth-order valence-corrected chi connectivity index (χ4v) is 2.67. The van der Waals surface area contributed by atoms with E-state index in [-0.39, 0.29) is 6.42 Å². The summed E-state index contributed by atoms with van der Waals surface area (Å²) in [7, 11) is 0. The van der Waals surface area contributed by atoms with Crippen LogP contribution in [0.5, 0.6) is 0 Å². The van der Waals surface area contributed by atoms with Gasteiger partial charge in [0.25, 0.3) is 0 Å². The molecule has 6 heteroatoms. The fraction of sp³-hybridized carbons (Fsp3) is 0.500. The minimum atomic E-state index is -4.17. The van der Waals surface area contributed by atoms with E-state index in [0.29, 0.717) is 0 Å². The van der Waals surface area contributed by atoms with Crippen molar-refractivity contribution in [1.29, 1.82) is 0 Å². The van der Waals surface area contributed by atoms with Crippen molar-refractivity contribution in [3.05, 3.63) is 20.8 Å². The quantitative estimate of drug-likeness (QED) is 0.907. The summed E-state index contributed by atoms with van der Waals surface area (Å²) in [6.45, 7) is 0. The summed E-state index contributed by atoms with van der Waals surface area (Å²) < 4.78 is 36.7. The number of halogens is 4. The van der Waals surface area contributed by atoms with E-state index in [9.17, 15) is 13.2 Å². The lowest BCUT2D eigenvalue weighted by Gasteiger charge is -2.12. The van der Waals surface area contributed by atoms with E-state index in [1.54, 1.807) is 12.1 Å². The van der Waals surface area contributed by atoms with Crippen LogP contribution in [0.15, 0.2) is 15.9 Å². The molecular formula is C8H9BrF3NS. The van der Waals surface area contributed by atoms with Gasteiger partial charge >= 0.3 is 6.18 Å². The van der Waals surface area contributed by atoms with Gasteiger partial charge in [-0.1, -0.05) is 0 Å². The molecule has 2 N–H and O–H groups in total. The highest BCUT2D eigenvalue weighted by atomic mass is 79.9. The molecule has 0 aliphatic rings. The number of alkyl halides is 3. The van der Waals surface area contributed by atoms with Crippen LogP contribution in [0.1, 0.15) is 11.3 Å². The molecule has 0 aliphatic carbocycles. The first kappa shape index (κ1) is 12.0. The van der Waals surface area contributed by atoms with Gasteiger partial charge in [-0.05, 0) is 34.5 Å². The Morgan fingerprint density at radius 1 is 1.43 bits per heavy atom. The van der Waals surface area contributed by atoms with Gasteiger partial charge in [-0.15, -0.1) is 11.3 Å². The standard InChI is InChI=1S/C8H9BrF3NS/c9-7-2-1-6(14-7)3-5(13)4-8(10,11)12/h1-2,5H,3-4,13H2. The van der Waals surface area contributed by atoms with Gasteiger partial charge in [0.15, 0.2) is 0 Å². The van der Waals surface area contributed by atoms with E-state index in [2.05, 4.69) is 15.9 Å². The zero-order chi connectivity index (χ0) is 10.8. The predicted molar refractivity (Wildman–Crippen MR) is 54.4 cm³/mol. The van der Waals surface area contributed by atoms with Crippen molar-refractivity contribution in [1.82, 2.24) is 0 Å². The molecule has 0 amide bonds. The third kappa shape index (κ3) is 4.43. The number of rotatable bonds is 3. The monoisotopic (exact) mass is 287 g/mol. The lowest BCUT2D eigenvalue weighted by molar-refractivity contribution is -0.138. The topological polar surface area (TPSA) is 26.0 Å². The zero-order valence-corrected chi connectivity index (χ0v) is 9.55. The molecule has 14 heavy (non-hydrogen) atoms. The molecule has 1 rings (SSSR count). The first-order valence-corrected chi connectivity index (χ1v) is 5.54. The van der Waals surface area contributed by atoms with E-state index < -0.39 is 18.6 Å². The van der Waals surface area contributed by atoms with E-state index in [0.717, 1.165) is 8.66 Å². The number of hydrogen-bond donors (Lipinski definition) is 1. The van der Waals surface area contributed by atoms with Gasteiger partial charge in [0.2, 0.25) is 0 Å². The Hall–Kier alpha value is -0.0700. The Morgan fingerprint density at radius 3 is 2.50 bits per heavy atom. The van der Waals surface area contributed by atoms with Crippen LogP contribution in [0, 0.1) is 0 Å². The van der Waals surface area contributed by atoms with E-state index in [1.807, 2.05) is 0 Å². The Labute approximate surface area is 92.2 Å². The molecule has 0 fully saturated rings. The summed E-state index contributed by atoms with van der Waals surface area (Å²) in [5.74, 6) is 0. The average molecular weight is 288 g/mol. The molecule has 0 saturated carbocycles. The van der Waals surface area contributed by atoms with Crippen LogP contribution in [0.25, 0.3) is 0 Å². The summed E-state index contributed by atoms with van der Waals surface area (Å²) in [6, 6.07) is 2.74. The molecule has 80 valence electrons. The maximum absolute atomic E-state index is 11.9. The van der Waals surface area contributed by atoms with Gasteiger partial charge in [0.1, 0.15) is 0 Å². The van der Waals surface area contributed by atoms with Crippen LogP contribution in [-0.4, -0.2) is 12.2 Å². The lowest BCUT2D eigenvalue weighted by Crippen LogP contribution is -2.29. The molecule has 1 aromatic heterocycles. The fourth-order valence-electron chi connectivity index (χ4n) is 1.09. The van der Waals surface area contributed by atoms with Gasteiger partial charge in [0, 0.05) is 10.9 Å². The molecule has 0 aliphatic heterocycles. The van der Waals surface area contributed by atoms with Crippen molar-refractivity contribution in [2.24, 2.45) is 5.73 Å². The number of hydrogen-bond acceptors (Lipinski definition) is 2. The molecule has 1 aromatic rings. The molecule has 0 radical (unpaired) electrons. The van der Waals surface area contributed by atoms with Crippen LogP contribution in [0.3, 0.4) is 0 Å². The molecule has 1 unspecified atom stereocenters. The average Bonchev–Trinajstić information content (AvgIpc) is 2.30. The van der Waals surface area contributed by atoms with Crippen LogP contribution < -0.4 is 5.73 Å². The van der Waals surface area contributed by atoms with E-state index in [1.165, 1.54) is 11.3 Å². The minimum Gasteiger partial charge on any atom is -0.327 e. The van der Waals surface area contributed by atoms with Crippen molar-refractivity contribution in [2.45, 2.75) is 25.1 Å². The van der Waals surface area contributed by atoms with Crippen LogP contribution in [-0.2, 0) is 6.42 Å². The van der Waals surface area contributed by atoms with Crippen molar-refractivity contribution in [2.75, 3.05) is 0 Å². The molecular weight excluding hydrogens is 279 g/mol. The number of nitrogens with two attached hydrogens (primary N) is 1. The van der Waals surface area contributed by atoms with Gasteiger partial charge in [0.05, 0.1) is 10.2 Å². The Balaban J connectivity index is 2.45. The molecule has 0 spiro atoms. The first-order valence-electron chi connectivity index (χ1n) is 3.93. The maximum Gasteiger partial charge on any atom is 0.390 e. The summed E-state index contributed by atoms with van der Waals surface area (Å²) in [5.41, 5.74) is 5.37. The third-order valence-electron chi connectivity index (χ3n) is 1.59.